The second-order valence-corrected chi connectivity index (χ2v) is 8.07. The predicted molar refractivity (Wildman–Crippen MR) is 105 cm³/mol. The molecule has 2 rings (SSSR count). The molecule has 9 heteroatoms. The number of hydrogen-bond donors (Lipinski definition) is 0. The normalized spacial score (nSPS) is 11.8. The van der Waals surface area contributed by atoms with Gasteiger partial charge in [0.15, 0.2) is 6.61 Å². The Balaban J connectivity index is 2.11. The highest BCUT2D eigenvalue weighted by Crippen LogP contribution is 2.33. The molecular weight excluding hydrogens is 405 g/mol. The van der Waals surface area contributed by atoms with Gasteiger partial charge >= 0.3 is 12.1 Å². The second kappa shape index (κ2) is 8.94. The number of carbonyl (C=O) groups is 2. The molecule has 1 amide bonds. The summed E-state index contributed by atoms with van der Waals surface area (Å²) in [5, 5.41) is 0.403. The molecule has 0 aliphatic carbocycles. The van der Waals surface area contributed by atoms with Gasteiger partial charge in [0, 0.05) is 17.6 Å². The van der Waals surface area contributed by atoms with Gasteiger partial charge in [-0.25, -0.2) is 9.78 Å². The highest BCUT2D eigenvalue weighted by Gasteiger charge is 2.30. The minimum Gasteiger partial charge on any atom is -0.451 e. The lowest BCUT2D eigenvalue weighted by atomic mass is 10.1. The second-order valence-electron chi connectivity index (χ2n) is 7.07. The molecular formula is C20H23F3N2O3S. The molecule has 0 saturated carbocycles. The number of alkyl halides is 3. The minimum absolute atomic E-state index is 0.0300. The number of esters is 1. The number of rotatable bonds is 6. The Morgan fingerprint density at radius 3 is 2.14 bits per heavy atom. The Kier molecular flexibility index (Phi) is 7.05. The number of aryl methyl sites for hydroxylation is 1. The van der Waals surface area contributed by atoms with Crippen LogP contribution in [0.1, 0.15) is 48.6 Å². The maximum absolute atomic E-state index is 12.7. The molecule has 0 unspecified atom stereocenters. The first-order valence-electron chi connectivity index (χ1n) is 9.05. The zero-order valence-electron chi connectivity index (χ0n) is 16.8. The van der Waals surface area contributed by atoms with Crippen molar-refractivity contribution >= 4 is 23.2 Å². The van der Waals surface area contributed by atoms with Crippen LogP contribution in [0.5, 0.6) is 0 Å². The molecule has 0 aliphatic heterocycles. The molecule has 0 aliphatic rings. The quantitative estimate of drug-likeness (QED) is 0.612. The van der Waals surface area contributed by atoms with E-state index in [4.69, 9.17) is 4.74 Å². The third-order valence-electron chi connectivity index (χ3n) is 4.17. The van der Waals surface area contributed by atoms with Gasteiger partial charge in [-0.2, -0.15) is 13.2 Å². The van der Waals surface area contributed by atoms with E-state index in [1.165, 1.54) is 12.1 Å². The van der Waals surface area contributed by atoms with E-state index in [0.29, 0.717) is 16.3 Å². The molecule has 2 aromatic rings. The third kappa shape index (κ3) is 5.56. The van der Waals surface area contributed by atoms with Crippen LogP contribution in [0.25, 0.3) is 10.6 Å². The smallest absolute Gasteiger partial charge is 0.416 e. The molecule has 0 bridgehead atoms. The highest BCUT2D eigenvalue weighted by atomic mass is 32.1. The van der Waals surface area contributed by atoms with Gasteiger partial charge in [0.05, 0.1) is 11.3 Å². The standard InChI is InChI=1S/C20H23F3N2O3S/c1-11(2)25(12(3)4)16(26)10-28-19(27)17-13(5)24-18(29-17)14-6-8-15(9-7-14)20(21,22)23/h6-9,11-12H,10H2,1-5H3. The molecule has 0 N–H and O–H groups in total. The van der Waals surface area contributed by atoms with Crippen molar-refractivity contribution in [2.24, 2.45) is 0 Å². The molecule has 1 heterocycles. The number of ether oxygens (including phenoxy) is 1. The Hall–Kier alpha value is -2.42. The van der Waals surface area contributed by atoms with Crippen molar-refractivity contribution in [1.82, 2.24) is 9.88 Å². The summed E-state index contributed by atoms with van der Waals surface area (Å²) in [5.74, 6) is -0.979. The topological polar surface area (TPSA) is 59.5 Å². The van der Waals surface area contributed by atoms with E-state index in [1.54, 1.807) is 11.8 Å². The first-order chi connectivity index (χ1) is 13.4. The van der Waals surface area contributed by atoms with E-state index in [-0.39, 0.29) is 29.5 Å². The van der Waals surface area contributed by atoms with Crippen LogP contribution >= 0.6 is 11.3 Å². The first kappa shape index (κ1) is 22.9. The molecule has 29 heavy (non-hydrogen) atoms. The average Bonchev–Trinajstić information content (AvgIpc) is 3.00. The van der Waals surface area contributed by atoms with Crippen molar-refractivity contribution in [2.75, 3.05) is 6.61 Å². The van der Waals surface area contributed by atoms with Gasteiger partial charge in [-0.3, -0.25) is 4.79 Å². The summed E-state index contributed by atoms with van der Waals surface area (Å²) in [4.78, 5) is 30.8. The molecule has 158 valence electrons. The van der Waals surface area contributed by atoms with Gasteiger partial charge in [0.25, 0.3) is 5.91 Å². The number of carbonyl (C=O) groups excluding carboxylic acids is 2. The van der Waals surface area contributed by atoms with Crippen molar-refractivity contribution in [3.8, 4) is 10.6 Å². The summed E-state index contributed by atoms with van der Waals surface area (Å²) in [6.45, 7) is 8.73. The van der Waals surface area contributed by atoms with Crippen molar-refractivity contribution in [3.63, 3.8) is 0 Å². The number of benzene rings is 1. The molecule has 0 fully saturated rings. The fourth-order valence-electron chi connectivity index (χ4n) is 2.95. The lowest BCUT2D eigenvalue weighted by Gasteiger charge is -2.30. The van der Waals surface area contributed by atoms with E-state index < -0.39 is 17.7 Å². The maximum Gasteiger partial charge on any atom is 0.416 e. The van der Waals surface area contributed by atoms with Crippen molar-refractivity contribution in [3.05, 3.63) is 40.4 Å². The van der Waals surface area contributed by atoms with E-state index in [9.17, 15) is 22.8 Å². The highest BCUT2D eigenvalue weighted by molar-refractivity contribution is 7.17. The lowest BCUT2D eigenvalue weighted by molar-refractivity contribution is -0.138. The van der Waals surface area contributed by atoms with Crippen LogP contribution in [-0.2, 0) is 15.7 Å². The molecule has 1 aromatic carbocycles. The van der Waals surface area contributed by atoms with Crippen LogP contribution in [-0.4, -0.2) is 40.5 Å². The molecule has 0 atom stereocenters. The summed E-state index contributed by atoms with van der Waals surface area (Å²) < 4.78 is 43.2. The van der Waals surface area contributed by atoms with Crippen LogP contribution in [0.4, 0.5) is 13.2 Å². The summed E-state index contributed by atoms with van der Waals surface area (Å²) >= 11 is 1.01. The van der Waals surface area contributed by atoms with Gasteiger partial charge in [0.2, 0.25) is 0 Å². The molecule has 0 radical (unpaired) electrons. The van der Waals surface area contributed by atoms with Crippen molar-refractivity contribution < 1.29 is 27.5 Å². The van der Waals surface area contributed by atoms with Gasteiger partial charge in [-0.15, -0.1) is 11.3 Å². The van der Waals surface area contributed by atoms with Gasteiger partial charge in [0.1, 0.15) is 9.88 Å². The van der Waals surface area contributed by atoms with E-state index in [1.807, 2.05) is 27.7 Å². The van der Waals surface area contributed by atoms with Gasteiger partial charge in [-0.1, -0.05) is 12.1 Å². The Morgan fingerprint density at radius 2 is 1.66 bits per heavy atom. The minimum atomic E-state index is -4.42. The first-order valence-corrected chi connectivity index (χ1v) is 9.86. The Bertz CT molecular complexity index is 866. The largest absolute Gasteiger partial charge is 0.451 e. The molecule has 5 nitrogen and oxygen atoms in total. The SMILES string of the molecule is Cc1nc(-c2ccc(C(F)(F)F)cc2)sc1C(=O)OCC(=O)N(C(C)C)C(C)C. The van der Waals surface area contributed by atoms with Crippen LogP contribution in [0.3, 0.4) is 0 Å². The lowest BCUT2D eigenvalue weighted by Crippen LogP contribution is -2.44. The Morgan fingerprint density at radius 1 is 1.10 bits per heavy atom. The zero-order valence-corrected chi connectivity index (χ0v) is 17.6. The van der Waals surface area contributed by atoms with Gasteiger partial charge in [-0.05, 0) is 46.8 Å². The Labute approximate surface area is 171 Å². The summed E-state index contributed by atoms with van der Waals surface area (Å²) in [5.41, 5.74) is 0.103. The van der Waals surface area contributed by atoms with Crippen LogP contribution in [0.15, 0.2) is 24.3 Å². The molecule has 0 saturated heterocycles. The van der Waals surface area contributed by atoms with Crippen LogP contribution in [0, 0.1) is 6.92 Å². The van der Waals surface area contributed by atoms with Crippen molar-refractivity contribution in [1.29, 1.82) is 0 Å². The number of hydrogen-bond acceptors (Lipinski definition) is 5. The summed E-state index contributed by atoms with van der Waals surface area (Å²) in [6, 6.07) is 4.49. The maximum atomic E-state index is 12.7. The number of nitrogens with zero attached hydrogens (tertiary/aromatic N) is 2. The van der Waals surface area contributed by atoms with Crippen LogP contribution < -0.4 is 0 Å². The van der Waals surface area contributed by atoms with Crippen LogP contribution in [0.2, 0.25) is 0 Å². The predicted octanol–water partition coefficient (Wildman–Crippen LogP) is 4.94. The molecule has 1 aromatic heterocycles. The fraction of sp³-hybridized carbons (Fsp3) is 0.450. The monoisotopic (exact) mass is 428 g/mol. The summed E-state index contributed by atoms with van der Waals surface area (Å²) in [7, 11) is 0. The fourth-order valence-corrected chi connectivity index (χ4v) is 3.92. The zero-order chi connectivity index (χ0) is 21.9. The third-order valence-corrected chi connectivity index (χ3v) is 5.36. The number of aromatic nitrogens is 1. The summed E-state index contributed by atoms with van der Waals surface area (Å²) in [6.07, 6.45) is -4.42. The van der Waals surface area contributed by atoms with E-state index in [2.05, 4.69) is 4.98 Å². The van der Waals surface area contributed by atoms with Crippen molar-refractivity contribution in [2.45, 2.75) is 52.9 Å². The average molecular weight is 428 g/mol. The van der Waals surface area contributed by atoms with E-state index in [0.717, 1.165) is 23.5 Å². The number of halogens is 3. The van der Waals surface area contributed by atoms with Gasteiger partial charge < -0.3 is 9.64 Å². The van der Waals surface area contributed by atoms with E-state index >= 15 is 0 Å². The molecule has 0 spiro atoms. The number of thiazole rings is 1. The number of amides is 1.